The van der Waals surface area contributed by atoms with E-state index < -0.39 is 5.63 Å². The molecule has 1 aromatic carbocycles. The first-order chi connectivity index (χ1) is 9.28. The molecule has 0 spiro atoms. The largest absolute Gasteiger partial charge is 0.422 e. The molecule has 0 atom stereocenters. The third-order valence-corrected chi connectivity index (χ3v) is 3.56. The van der Waals surface area contributed by atoms with E-state index in [0.717, 1.165) is 24.2 Å². The van der Waals surface area contributed by atoms with Crippen LogP contribution in [0.15, 0.2) is 33.5 Å². The van der Waals surface area contributed by atoms with Crippen molar-refractivity contribution in [1.82, 2.24) is 0 Å². The van der Waals surface area contributed by atoms with Crippen molar-refractivity contribution >= 4 is 16.7 Å². The van der Waals surface area contributed by atoms with Crippen molar-refractivity contribution in [2.45, 2.75) is 19.3 Å². The summed E-state index contributed by atoms with van der Waals surface area (Å²) in [5.41, 5.74) is 1.12. The van der Waals surface area contributed by atoms with E-state index in [2.05, 4.69) is 4.90 Å². The minimum atomic E-state index is -0.564. The van der Waals surface area contributed by atoms with Crippen LogP contribution in [0.5, 0.6) is 0 Å². The van der Waals surface area contributed by atoms with E-state index in [1.165, 1.54) is 19.3 Å². The third kappa shape index (κ3) is 2.19. The van der Waals surface area contributed by atoms with Crippen molar-refractivity contribution in [1.29, 1.82) is 5.26 Å². The van der Waals surface area contributed by atoms with Crippen LogP contribution in [0.1, 0.15) is 24.8 Å². The van der Waals surface area contributed by atoms with E-state index in [0.29, 0.717) is 5.58 Å². The first-order valence-electron chi connectivity index (χ1n) is 6.51. The summed E-state index contributed by atoms with van der Waals surface area (Å²) < 4.78 is 5.21. The van der Waals surface area contributed by atoms with Gasteiger partial charge in [-0.15, -0.1) is 0 Å². The van der Waals surface area contributed by atoms with E-state index in [4.69, 9.17) is 9.68 Å². The number of hydrogen-bond acceptors (Lipinski definition) is 4. The molecule has 0 radical (unpaired) electrons. The van der Waals surface area contributed by atoms with Crippen LogP contribution in [0.2, 0.25) is 0 Å². The Hall–Kier alpha value is -2.28. The van der Waals surface area contributed by atoms with Crippen LogP contribution in [0.4, 0.5) is 5.69 Å². The van der Waals surface area contributed by atoms with Crippen LogP contribution in [0.3, 0.4) is 0 Å². The molecule has 2 heterocycles. The Balaban J connectivity index is 2.06. The Labute approximate surface area is 110 Å². The first kappa shape index (κ1) is 11.8. The van der Waals surface area contributed by atoms with Crippen molar-refractivity contribution in [2.75, 3.05) is 18.0 Å². The minimum Gasteiger partial charge on any atom is -0.422 e. The highest BCUT2D eigenvalue weighted by molar-refractivity contribution is 5.81. The first-order valence-corrected chi connectivity index (χ1v) is 6.51. The number of nitriles is 1. The van der Waals surface area contributed by atoms with Gasteiger partial charge in [-0.05, 0) is 37.5 Å². The summed E-state index contributed by atoms with van der Waals surface area (Å²) in [5.74, 6) is 0. The molecule has 0 unspecified atom stereocenters. The zero-order chi connectivity index (χ0) is 13.2. The number of benzene rings is 1. The van der Waals surface area contributed by atoms with E-state index in [9.17, 15) is 4.79 Å². The van der Waals surface area contributed by atoms with Crippen LogP contribution < -0.4 is 10.5 Å². The number of nitrogens with zero attached hydrogens (tertiary/aromatic N) is 2. The molecule has 4 heteroatoms. The predicted molar refractivity (Wildman–Crippen MR) is 73.3 cm³/mol. The number of fused-ring (bicyclic) bond motifs is 1. The van der Waals surface area contributed by atoms with Gasteiger partial charge in [0.15, 0.2) is 0 Å². The smallest absolute Gasteiger partial charge is 0.354 e. The summed E-state index contributed by atoms with van der Waals surface area (Å²) in [4.78, 5) is 13.9. The zero-order valence-corrected chi connectivity index (χ0v) is 10.6. The highest BCUT2D eigenvalue weighted by Crippen LogP contribution is 2.24. The molecule has 1 aromatic heterocycles. The summed E-state index contributed by atoms with van der Waals surface area (Å²) in [5, 5.41) is 9.61. The SMILES string of the molecule is N#Cc1cc2ccc(N3CCCCC3)cc2oc1=O. The summed E-state index contributed by atoms with van der Waals surface area (Å²) in [6.45, 7) is 2.10. The maximum atomic E-state index is 11.5. The van der Waals surface area contributed by atoms with E-state index >= 15 is 0 Å². The topological polar surface area (TPSA) is 57.2 Å². The fourth-order valence-electron chi connectivity index (χ4n) is 2.53. The summed E-state index contributed by atoms with van der Waals surface area (Å²) in [7, 11) is 0. The third-order valence-electron chi connectivity index (χ3n) is 3.56. The van der Waals surface area contributed by atoms with Crippen LogP contribution in [0, 0.1) is 11.3 Å². The van der Waals surface area contributed by atoms with E-state index in [1.807, 2.05) is 24.3 Å². The van der Waals surface area contributed by atoms with Gasteiger partial charge >= 0.3 is 5.63 Å². The lowest BCUT2D eigenvalue weighted by Crippen LogP contribution is -2.29. The van der Waals surface area contributed by atoms with Crippen molar-refractivity contribution in [2.24, 2.45) is 0 Å². The Kier molecular flexibility index (Phi) is 2.96. The second-order valence-electron chi connectivity index (χ2n) is 4.83. The normalized spacial score (nSPS) is 15.4. The van der Waals surface area contributed by atoms with Crippen molar-refractivity contribution in [3.8, 4) is 6.07 Å². The van der Waals surface area contributed by atoms with Crippen molar-refractivity contribution in [3.05, 3.63) is 40.2 Å². The van der Waals surface area contributed by atoms with Gasteiger partial charge in [0.25, 0.3) is 0 Å². The average Bonchev–Trinajstić information content (AvgIpc) is 2.47. The summed E-state index contributed by atoms with van der Waals surface area (Å²) in [6.07, 6.45) is 3.69. The molecule has 19 heavy (non-hydrogen) atoms. The standard InChI is InChI=1S/C15H14N2O2/c16-10-12-8-11-4-5-13(9-14(11)19-15(12)18)17-6-2-1-3-7-17/h4-5,8-9H,1-3,6-7H2. The molecule has 0 aliphatic carbocycles. The highest BCUT2D eigenvalue weighted by atomic mass is 16.4. The zero-order valence-electron chi connectivity index (χ0n) is 10.6. The maximum absolute atomic E-state index is 11.5. The van der Waals surface area contributed by atoms with Gasteiger partial charge in [0.05, 0.1) is 0 Å². The Morgan fingerprint density at radius 3 is 2.68 bits per heavy atom. The summed E-state index contributed by atoms with van der Waals surface area (Å²) >= 11 is 0. The highest BCUT2D eigenvalue weighted by Gasteiger charge is 2.12. The van der Waals surface area contributed by atoms with Gasteiger partial charge in [-0.2, -0.15) is 5.26 Å². The maximum Gasteiger partial charge on any atom is 0.354 e. The molecule has 3 rings (SSSR count). The van der Waals surface area contributed by atoms with Gasteiger partial charge in [0.1, 0.15) is 17.2 Å². The van der Waals surface area contributed by atoms with Crippen molar-refractivity contribution in [3.63, 3.8) is 0 Å². The molecule has 0 amide bonds. The van der Waals surface area contributed by atoms with Gasteiger partial charge in [-0.25, -0.2) is 4.79 Å². The van der Waals surface area contributed by atoms with E-state index in [-0.39, 0.29) is 5.56 Å². The average molecular weight is 254 g/mol. The number of piperidine rings is 1. The molecule has 96 valence electrons. The molecular formula is C15H14N2O2. The minimum absolute atomic E-state index is 0.0539. The molecule has 1 aliphatic rings. The number of rotatable bonds is 1. The van der Waals surface area contributed by atoms with Gasteiger partial charge in [0.2, 0.25) is 0 Å². The molecule has 1 aliphatic heterocycles. The Morgan fingerprint density at radius 2 is 1.95 bits per heavy atom. The van der Waals surface area contributed by atoms with Crippen LogP contribution >= 0.6 is 0 Å². The molecule has 1 saturated heterocycles. The Bertz CT molecular complexity index is 706. The second kappa shape index (κ2) is 4.77. The van der Waals surface area contributed by atoms with Crippen LogP contribution in [0.25, 0.3) is 11.0 Å². The molecule has 0 bridgehead atoms. The summed E-state index contributed by atoms with van der Waals surface area (Å²) in [6, 6.07) is 9.25. The predicted octanol–water partition coefficient (Wildman–Crippen LogP) is 2.65. The lowest BCUT2D eigenvalue weighted by molar-refractivity contribution is 0.556. The lowest BCUT2D eigenvalue weighted by Gasteiger charge is -2.28. The molecular weight excluding hydrogens is 240 g/mol. The Morgan fingerprint density at radius 1 is 1.16 bits per heavy atom. The number of hydrogen-bond donors (Lipinski definition) is 0. The molecule has 4 nitrogen and oxygen atoms in total. The van der Waals surface area contributed by atoms with Crippen LogP contribution in [-0.2, 0) is 0 Å². The van der Waals surface area contributed by atoms with Gasteiger partial charge < -0.3 is 9.32 Å². The van der Waals surface area contributed by atoms with Gasteiger partial charge in [-0.3, -0.25) is 0 Å². The quantitative estimate of drug-likeness (QED) is 0.734. The van der Waals surface area contributed by atoms with E-state index in [1.54, 1.807) is 6.07 Å². The monoisotopic (exact) mass is 254 g/mol. The fraction of sp³-hybridized carbons (Fsp3) is 0.333. The fourth-order valence-corrected chi connectivity index (χ4v) is 2.53. The molecule has 0 N–H and O–H groups in total. The molecule has 0 saturated carbocycles. The van der Waals surface area contributed by atoms with Gasteiger partial charge in [-0.1, -0.05) is 0 Å². The van der Waals surface area contributed by atoms with Crippen molar-refractivity contribution < 1.29 is 4.42 Å². The number of anilines is 1. The van der Waals surface area contributed by atoms with Crippen LogP contribution in [-0.4, -0.2) is 13.1 Å². The molecule has 2 aromatic rings. The van der Waals surface area contributed by atoms with Gasteiger partial charge in [0, 0.05) is 30.2 Å². The second-order valence-corrected chi connectivity index (χ2v) is 4.83. The molecule has 1 fully saturated rings. The lowest BCUT2D eigenvalue weighted by atomic mass is 10.1.